The molecule has 0 radical (unpaired) electrons. The average molecular weight is 219 g/mol. The molecule has 0 aliphatic heterocycles. The molecule has 0 unspecified atom stereocenters. The summed E-state index contributed by atoms with van der Waals surface area (Å²) >= 11 is 0. The summed E-state index contributed by atoms with van der Waals surface area (Å²) in [6.45, 7) is 0. The Labute approximate surface area is 91.1 Å². The third-order valence-electron chi connectivity index (χ3n) is 2.10. The molecule has 82 valence electrons. The molecule has 0 saturated heterocycles. The van der Waals surface area contributed by atoms with Crippen molar-refractivity contribution in [3.8, 4) is 11.4 Å². The molecule has 1 aromatic carbocycles. The third kappa shape index (κ3) is 1.60. The van der Waals surface area contributed by atoms with E-state index in [0.29, 0.717) is 5.69 Å². The van der Waals surface area contributed by atoms with E-state index in [1.807, 2.05) is 0 Å². The minimum atomic E-state index is -1.04. The predicted molar refractivity (Wildman–Crippen MR) is 54.9 cm³/mol. The number of carbonyl (C=O) groups is 1. The molecule has 0 aliphatic rings. The molecule has 1 aromatic heterocycles. The Morgan fingerprint density at radius 2 is 2.31 bits per heavy atom. The van der Waals surface area contributed by atoms with Gasteiger partial charge in [0.1, 0.15) is 11.3 Å². The van der Waals surface area contributed by atoms with Gasteiger partial charge >= 0.3 is 5.97 Å². The Hall–Kier alpha value is -2.37. The SMILES string of the molecule is COc1c(C(=O)O)cccc1-n1ccnn1. The van der Waals surface area contributed by atoms with Gasteiger partial charge in [-0.1, -0.05) is 11.3 Å². The van der Waals surface area contributed by atoms with Crippen molar-refractivity contribution in [2.75, 3.05) is 7.11 Å². The number of aromatic carboxylic acids is 1. The largest absolute Gasteiger partial charge is 0.494 e. The lowest BCUT2D eigenvalue weighted by Gasteiger charge is -2.10. The van der Waals surface area contributed by atoms with Crippen molar-refractivity contribution in [3.63, 3.8) is 0 Å². The Morgan fingerprint density at radius 1 is 1.50 bits per heavy atom. The molecule has 0 aliphatic carbocycles. The molecular formula is C10H9N3O3. The highest BCUT2D eigenvalue weighted by molar-refractivity contribution is 5.92. The Morgan fingerprint density at radius 3 is 2.88 bits per heavy atom. The van der Waals surface area contributed by atoms with E-state index in [9.17, 15) is 4.79 Å². The summed E-state index contributed by atoms with van der Waals surface area (Å²) in [4.78, 5) is 11.0. The maximum absolute atomic E-state index is 11.0. The number of aromatic nitrogens is 3. The second-order valence-corrected chi connectivity index (χ2v) is 3.01. The molecule has 6 heteroatoms. The van der Waals surface area contributed by atoms with E-state index < -0.39 is 5.97 Å². The average Bonchev–Trinajstić information content (AvgIpc) is 2.81. The predicted octanol–water partition coefficient (Wildman–Crippen LogP) is 0.974. The van der Waals surface area contributed by atoms with Crippen LogP contribution in [-0.2, 0) is 0 Å². The van der Waals surface area contributed by atoms with Crippen molar-refractivity contribution < 1.29 is 14.6 Å². The second-order valence-electron chi connectivity index (χ2n) is 3.01. The van der Waals surface area contributed by atoms with Gasteiger partial charge in [0.2, 0.25) is 0 Å². The first-order valence-corrected chi connectivity index (χ1v) is 4.51. The summed E-state index contributed by atoms with van der Waals surface area (Å²) in [5, 5.41) is 16.4. The number of rotatable bonds is 3. The van der Waals surface area contributed by atoms with E-state index in [0.717, 1.165) is 0 Å². The molecule has 0 bridgehead atoms. The fourth-order valence-corrected chi connectivity index (χ4v) is 1.42. The number of benzene rings is 1. The van der Waals surface area contributed by atoms with Crippen molar-refractivity contribution in [2.24, 2.45) is 0 Å². The summed E-state index contributed by atoms with van der Waals surface area (Å²) in [5.41, 5.74) is 0.635. The summed E-state index contributed by atoms with van der Waals surface area (Å²) in [6.07, 6.45) is 3.12. The van der Waals surface area contributed by atoms with Gasteiger partial charge in [-0.3, -0.25) is 0 Å². The molecule has 0 spiro atoms. The summed E-state index contributed by atoms with van der Waals surface area (Å²) in [7, 11) is 1.42. The lowest BCUT2D eigenvalue weighted by Crippen LogP contribution is -2.05. The maximum atomic E-state index is 11.0. The van der Waals surface area contributed by atoms with Crippen LogP contribution in [0.3, 0.4) is 0 Å². The van der Waals surface area contributed by atoms with E-state index in [1.165, 1.54) is 24.1 Å². The number of nitrogens with zero attached hydrogens (tertiary/aromatic N) is 3. The Balaban J connectivity index is 2.62. The summed E-state index contributed by atoms with van der Waals surface area (Å²) < 4.78 is 6.54. The minimum Gasteiger partial charge on any atom is -0.494 e. The molecule has 0 atom stereocenters. The number of hydrogen-bond acceptors (Lipinski definition) is 4. The number of carboxylic acid groups (broad SMARTS) is 1. The first-order chi connectivity index (χ1) is 7.74. The number of hydrogen-bond donors (Lipinski definition) is 1. The minimum absolute atomic E-state index is 0.0931. The van der Waals surface area contributed by atoms with Crippen molar-refractivity contribution in [2.45, 2.75) is 0 Å². The maximum Gasteiger partial charge on any atom is 0.339 e. The van der Waals surface area contributed by atoms with Gasteiger partial charge in [0, 0.05) is 0 Å². The lowest BCUT2D eigenvalue weighted by molar-refractivity contribution is 0.0693. The molecule has 0 saturated carbocycles. The first kappa shape index (κ1) is 10.2. The van der Waals surface area contributed by atoms with Crippen molar-refractivity contribution in [1.29, 1.82) is 0 Å². The zero-order valence-corrected chi connectivity index (χ0v) is 8.49. The number of methoxy groups -OCH3 is 1. The fraction of sp³-hybridized carbons (Fsp3) is 0.100. The molecule has 0 fully saturated rings. The smallest absolute Gasteiger partial charge is 0.339 e. The monoisotopic (exact) mass is 219 g/mol. The van der Waals surface area contributed by atoms with E-state index >= 15 is 0 Å². The molecule has 0 amide bonds. The lowest BCUT2D eigenvalue weighted by atomic mass is 10.1. The zero-order chi connectivity index (χ0) is 11.5. The highest BCUT2D eigenvalue weighted by Crippen LogP contribution is 2.26. The number of carboxylic acids is 1. The van der Waals surface area contributed by atoms with Crippen LogP contribution in [0.15, 0.2) is 30.6 Å². The molecule has 2 aromatic rings. The third-order valence-corrected chi connectivity index (χ3v) is 2.10. The van der Waals surface area contributed by atoms with Gasteiger partial charge in [0.15, 0.2) is 5.75 Å². The molecular weight excluding hydrogens is 210 g/mol. The standard InChI is InChI=1S/C10H9N3O3/c1-16-9-7(10(14)15)3-2-4-8(9)13-6-5-11-12-13/h2-6H,1H3,(H,14,15). The van der Waals surface area contributed by atoms with Gasteiger partial charge in [-0.15, -0.1) is 5.10 Å². The second kappa shape index (κ2) is 4.01. The van der Waals surface area contributed by atoms with Crippen molar-refractivity contribution >= 4 is 5.97 Å². The van der Waals surface area contributed by atoms with Crippen LogP contribution in [0.4, 0.5) is 0 Å². The topological polar surface area (TPSA) is 77.2 Å². The molecule has 6 nitrogen and oxygen atoms in total. The van der Waals surface area contributed by atoms with Gasteiger partial charge in [-0.05, 0) is 12.1 Å². The van der Waals surface area contributed by atoms with Crippen molar-refractivity contribution in [1.82, 2.24) is 15.0 Å². The van der Waals surface area contributed by atoms with Gasteiger partial charge < -0.3 is 9.84 Å². The van der Waals surface area contributed by atoms with Crippen LogP contribution in [0.25, 0.3) is 5.69 Å². The number of ether oxygens (including phenoxy) is 1. The van der Waals surface area contributed by atoms with Crippen LogP contribution in [0, 0.1) is 0 Å². The number of para-hydroxylation sites is 1. The van der Waals surface area contributed by atoms with E-state index in [2.05, 4.69) is 10.3 Å². The van der Waals surface area contributed by atoms with E-state index in [-0.39, 0.29) is 11.3 Å². The van der Waals surface area contributed by atoms with Crippen LogP contribution in [-0.4, -0.2) is 33.2 Å². The Bertz CT molecular complexity index is 508. The zero-order valence-electron chi connectivity index (χ0n) is 8.49. The summed E-state index contributed by atoms with van der Waals surface area (Å²) in [5.74, 6) is -0.778. The fourth-order valence-electron chi connectivity index (χ4n) is 1.42. The van der Waals surface area contributed by atoms with Crippen LogP contribution in [0.1, 0.15) is 10.4 Å². The van der Waals surface area contributed by atoms with Gasteiger partial charge in [0.05, 0.1) is 19.5 Å². The van der Waals surface area contributed by atoms with Crippen LogP contribution in [0.2, 0.25) is 0 Å². The van der Waals surface area contributed by atoms with E-state index in [1.54, 1.807) is 18.3 Å². The highest BCUT2D eigenvalue weighted by atomic mass is 16.5. The van der Waals surface area contributed by atoms with Crippen LogP contribution >= 0.6 is 0 Å². The van der Waals surface area contributed by atoms with Gasteiger partial charge in [0.25, 0.3) is 0 Å². The normalized spacial score (nSPS) is 10.1. The molecule has 1 heterocycles. The Kier molecular flexibility index (Phi) is 2.55. The van der Waals surface area contributed by atoms with E-state index in [4.69, 9.17) is 9.84 Å². The highest BCUT2D eigenvalue weighted by Gasteiger charge is 2.15. The molecule has 16 heavy (non-hydrogen) atoms. The quantitative estimate of drug-likeness (QED) is 0.832. The van der Waals surface area contributed by atoms with Crippen molar-refractivity contribution in [3.05, 3.63) is 36.2 Å². The van der Waals surface area contributed by atoms with Crippen LogP contribution < -0.4 is 4.74 Å². The van der Waals surface area contributed by atoms with Gasteiger partial charge in [-0.25, -0.2) is 9.48 Å². The summed E-state index contributed by atoms with van der Waals surface area (Å²) in [6, 6.07) is 4.81. The first-order valence-electron chi connectivity index (χ1n) is 4.51. The van der Waals surface area contributed by atoms with Crippen LogP contribution in [0.5, 0.6) is 5.75 Å². The van der Waals surface area contributed by atoms with Gasteiger partial charge in [-0.2, -0.15) is 0 Å². The molecule has 2 rings (SSSR count). The molecule has 1 N–H and O–H groups in total.